The van der Waals surface area contributed by atoms with Crippen LogP contribution in [0.3, 0.4) is 0 Å². The van der Waals surface area contributed by atoms with E-state index in [9.17, 15) is 9.59 Å². The molecule has 7 heteroatoms. The third kappa shape index (κ3) is 4.97. The minimum Gasteiger partial charge on any atom is -0.483 e. The van der Waals surface area contributed by atoms with Gasteiger partial charge >= 0.3 is 0 Å². The number of hydrogen-bond donors (Lipinski definition) is 1. The number of carbonyl (C=O) groups excluding carboxylic acids is 2. The van der Waals surface area contributed by atoms with E-state index in [0.717, 1.165) is 16.3 Å². The Bertz CT molecular complexity index is 1020. The van der Waals surface area contributed by atoms with Gasteiger partial charge in [-0.25, -0.2) is 4.98 Å². The zero-order valence-electron chi connectivity index (χ0n) is 15.5. The van der Waals surface area contributed by atoms with Crippen LogP contribution in [0.2, 0.25) is 5.02 Å². The van der Waals surface area contributed by atoms with Gasteiger partial charge in [-0.2, -0.15) is 0 Å². The van der Waals surface area contributed by atoms with Gasteiger partial charge in [0, 0.05) is 28.1 Å². The number of amides is 1. The van der Waals surface area contributed by atoms with E-state index in [1.54, 1.807) is 42.5 Å². The molecule has 3 rings (SSSR count). The molecule has 1 N–H and O–H groups in total. The second-order valence-electron chi connectivity index (χ2n) is 6.09. The maximum Gasteiger partial charge on any atom is 0.262 e. The fraction of sp³-hybridized carbons (Fsp3) is 0.190. The number of benzene rings is 2. The molecule has 1 amide bonds. The third-order valence-corrected chi connectivity index (χ3v) is 4.99. The Morgan fingerprint density at radius 3 is 2.75 bits per heavy atom. The lowest BCUT2D eigenvalue weighted by Gasteiger charge is -2.11. The molecule has 0 spiro atoms. The molecule has 0 radical (unpaired) electrons. The number of ether oxygens (including phenoxy) is 1. The van der Waals surface area contributed by atoms with Gasteiger partial charge in [-0.05, 0) is 37.3 Å². The summed E-state index contributed by atoms with van der Waals surface area (Å²) in [6, 6.07) is 12.2. The number of carbonyl (C=O) groups is 2. The van der Waals surface area contributed by atoms with Gasteiger partial charge in [0.25, 0.3) is 5.91 Å². The van der Waals surface area contributed by atoms with Gasteiger partial charge < -0.3 is 10.1 Å². The number of Topliss-reactive ketones (excluding diaryl/α,β-unsaturated/α-hetero) is 1. The molecule has 0 unspecified atom stereocenters. The van der Waals surface area contributed by atoms with Crippen molar-refractivity contribution in [3.05, 3.63) is 63.4 Å². The van der Waals surface area contributed by atoms with Crippen molar-refractivity contribution in [1.82, 2.24) is 4.98 Å². The molecule has 0 aliphatic rings. The first-order valence-corrected chi connectivity index (χ1v) is 10.00. The summed E-state index contributed by atoms with van der Waals surface area (Å²) >= 11 is 7.54. The molecule has 5 nitrogen and oxygen atoms in total. The predicted octanol–water partition coefficient (Wildman–Crippen LogP) is 5.38. The van der Waals surface area contributed by atoms with E-state index in [0.29, 0.717) is 28.4 Å². The number of aromatic nitrogens is 1. The molecule has 0 fully saturated rings. The van der Waals surface area contributed by atoms with E-state index in [4.69, 9.17) is 16.3 Å². The van der Waals surface area contributed by atoms with Gasteiger partial charge in [0.2, 0.25) is 0 Å². The molecule has 0 aliphatic heterocycles. The van der Waals surface area contributed by atoms with Crippen LogP contribution < -0.4 is 10.1 Å². The van der Waals surface area contributed by atoms with Crippen molar-refractivity contribution in [2.75, 3.05) is 11.9 Å². The number of ketones is 1. The van der Waals surface area contributed by atoms with Gasteiger partial charge in [-0.1, -0.05) is 30.7 Å². The smallest absolute Gasteiger partial charge is 0.262 e. The minimum atomic E-state index is -0.323. The van der Waals surface area contributed by atoms with Gasteiger partial charge in [-0.15, -0.1) is 11.3 Å². The van der Waals surface area contributed by atoms with Crippen molar-refractivity contribution >= 4 is 40.3 Å². The number of halogens is 1. The molecule has 0 saturated carbocycles. The van der Waals surface area contributed by atoms with Gasteiger partial charge in [0.05, 0.1) is 16.3 Å². The molecule has 1 heterocycles. The number of nitrogens with zero attached hydrogens (tertiary/aromatic N) is 1. The molecule has 2 aromatic carbocycles. The summed E-state index contributed by atoms with van der Waals surface area (Å²) < 4.78 is 5.57. The molecule has 0 atom stereocenters. The summed E-state index contributed by atoms with van der Waals surface area (Å²) in [5, 5.41) is 6.21. The zero-order chi connectivity index (χ0) is 20.1. The number of hydrogen-bond acceptors (Lipinski definition) is 5. The van der Waals surface area contributed by atoms with Crippen LogP contribution >= 0.6 is 22.9 Å². The maximum atomic E-state index is 12.3. The molecule has 0 aliphatic carbocycles. The minimum absolute atomic E-state index is 0.0934. The van der Waals surface area contributed by atoms with Crippen molar-refractivity contribution < 1.29 is 14.3 Å². The molecule has 144 valence electrons. The topological polar surface area (TPSA) is 68.3 Å². The molecule has 0 bridgehead atoms. The lowest BCUT2D eigenvalue weighted by Crippen LogP contribution is -2.20. The average Bonchev–Trinajstić information content (AvgIpc) is 3.13. The highest BCUT2D eigenvalue weighted by atomic mass is 35.5. The summed E-state index contributed by atoms with van der Waals surface area (Å²) in [5.74, 6) is -0.0706. The lowest BCUT2D eigenvalue weighted by atomic mass is 10.1. The molecule has 3 aromatic rings. The fourth-order valence-corrected chi connectivity index (χ4v) is 3.42. The Morgan fingerprint density at radius 2 is 2.04 bits per heavy atom. The lowest BCUT2D eigenvalue weighted by molar-refractivity contribution is -0.118. The fourth-order valence-electron chi connectivity index (χ4n) is 2.63. The standard InChI is InChI=1S/C21H19ClN2O3S/c1-3-19(25)17-10-15(22)7-8-20(17)27-11-21(26)24-16-6-4-5-14(9-16)18-12-28-13(2)23-18/h4-10,12H,3,11H2,1-2H3,(H,24,26). The maximum absolute atomic E-state index is 12.3. The number of rotatable bonds is 7. The Balaban J connectivity index is 1.66. The van der Waals surface area contributed by atoms with E-state index < -0.39 is 0 Å². The number of thiazole rings is 1. The number of aryl methyl sites for hydroxylation is 1. The van der Waals surface area contributed by atoms with E-state index in [1.165, 1.54) is 0 Å². The van der Waals surface area contributed by atoms with Crippen LogP contribution in [-0.2, 0) is 4.79 Å². The normalized spacial score (nSPS) is 10.5. The monoisotopic (exact) mass is 414 g/mol. The van der Waals surface area contributed by atoms with Crippen molar-refractivity contribution in [1.29, 1.82) is 0 Å². The van der Waals surface area contributed by atoms with E-state index >= 15 is 0 Å². The summed E-state index contributed by atoms with van der Waals surface area (Å²) in [4.78, 5) is 28.8. The van der Waals surface area contributed by atoms with Crippen molar-refractivity contribution in [3.8, 4) is 17.0 Å². The van der Waals surface area contributed by atoms with Crippen LogP contribution in [-0.4, -0.2) is 23.3 Å². The van der Waals surface area contributed by atoms with Crippen LogP contribution in [0.4, 0.5) is 5.69 Å². The quantitative estimate of drug-likeness (QED) is 0.527. The summed E-state index contributed by atoms with van der Waals surface area (Å²) in [6.07, 6.45) is 0.325. The number of nitrogens with one attached hydrogen (secondary N) is 1. The SMILES string of the molecule is CCC(=O)c1cc(Cl)ccc1OCC(=O)Nc1cccc(-c2csc(C)n2)c1. The second-order valence-corrected chi connectivity index (χ2v) is 7.59. The van der Waals surface area contributed by atoms with E-state index in [2.05, 4.69) is 10.3 Å². The van der Waals surface area contributed by atoms with Crippen molar-refractivity contribution in [2.45, 2.75) is 20.3 Å². The van der Waals surface area contributed by atoms with E-state index in [-0.39, 0.29) is 18.3 Å². The molecule has 28 heavy (non-hydrogen) atoms. The Kier molecular flexibility index (Phi) is 6.44. The second kappa shape index (κ2) is 8.99. The van der Waals surface area contributed by atoms with Crippen molar-refractivity contribution in [3.63, 3.8) is 0 Å². The third-order valence-electron chi connectivity index (χ3n) is 3.98. The van der Waals surface area contributed by atoms with Gasteiger partial charge in [0.15, 0.2) is 12.4 Å². The summed E-state index contributed by atoms with van der Waals surface area (Å²) in [6.45, 7) is 3.49. The van der Waals surface area contributed by atoms with E-state index in [1.807, 2.05) is 30.5 Å². The highest BCUT2D eigenvalue weighted by Crippen LogP contribution is 2.25. The highest BCUT2D eigenvalue weighted by molar-refractivity contribution is 7.09. The Labute approximate surface area is 172 Å². The number of anilines is 1. The highest BCUT2D eigenvalue weighted by Gasteiger charge is 2.13. The van der Waals surface area contributed by atoms with Crippen molar-refractivity contribution in [2.24, 2.45) is 0 Å². The van der Waals surface area contributed by atoms with Gasteiger partial charge in [-0.3, -0.25) is 9.59 Å². The van der Waals surface area contributed by atoms with Crippen LogP contribution in [0.1, 0.15) is 28.7 Å². The largest absolute Gasteiger partial charge is 0.483 e. The Hall–Kier alpha value is -2.70. The first-order chi connectivity index (χ1) is 13.5. The van der Waals surface area contributed by atoms with Crippen LogP contribution in [0, 0.1) is 6.92 Å². The Morgan fingerprint density at radius 1 is 1.21 bits per heavy atom. The van der Waals surface area contributed by atoms with Gasteiger partial charge in [0.1, 0.15) is 5.75 Å². The average molecular weight is 415 g/mol. The first kappa shape index (κ1) is 20.0. The predicted molar refractivity (Wildman–Crippen MR) is 112 cm³/mol. The van der Waals surface area contributed by atoms with Crippen LogP contribution in [0.15, 0.2) is 47.8 Å². The molecule has 0 saturated heterocycles. The summed E-state index contributed by atoms with van der Waals surface area (Å²) in [7, 11) is 0. The molecule has 1 aromatic heterocycles. The zero-order valence-corrected chi connectivity index (χ0v) is 17.1. The first-order valence-electron chi connectivity index (χ1n) is 8.74. The molecular weight excluding hydrogens is 396 g/mol. The van der Waals surface area contributed by atoms with Crippen LogP contribution in [0.5, 0.6) is 5.75 Å². The van der Waals surface area contributed by atoms with Crippen LogP contribution in [0.25, 0.3) is 11.3 Å². The molecular formula is C21H19ClN2O3S. The summed E-state index contributed by atoms with van der Waals surface area (Å²) in [5.41, 5.74) is 2.83.